The zero-order valence-corrected chi connectivity index (χ0v) is 8.65. The molecule has 0 spiro atoms. The molecule has 66 valence electrons. The van der Waals surface area contributed by atoms with Gasteiger partial charge in [0.05, 0.1) is 0 Å². The van der Waals surface area contributed by atoms with Crippen LogP contribution in [0.1, 0.15) is 47.5 Å². The van der Waals surface area contributed by atoms with Crippen LogP contribution in [0.3, 0.4) is 0 Å². The Bertz CT molecular complexity index is 139. The lowest BCUT2D eigenvalue weighted by Crippen LogP contribution is -2.25. The number of hydrogen-bond acceptors (Lipinski definition) is 0. The average Bonchev–Trinajstić information content (AvgIpc) is 2.16. The molecule has 0 nitrogen and oxygen atoms in total. The van der Waals surface area contributed by atoms with Gasteiger partial charge in [-0.2, -0.15) is 0 Å². The third kappa shape index (κ3) is 1.21. The highest BCUT2D eigenvalue weighted by Gasteiger charge is 2.44. The Hall–Kier alpha value is 0. The zero-order chi connectivity index (χ0) is 8.65. The zero-order valence-electron chi connectivity index (χ0n) is 8.65. The molecule has 0 bridgehead atoms. The summed E-state index contributed by atoms with van der Waals surface area (Å²) in [6, 6.07) is 0. The van der Waals surface area contributed by atoms with Gasteiger partial charge in [-0.3, -0.25) is 0 Å². The van der Waals surface area contributed by atoms with E-state index < -0.39 is 0 Å². The second kappa shape index (κ2) is 2.80. The Morgan fingerprint density at radius 3 is 2.00 bits per heavy atom. The fourth-order valence-electron chi connectivity index (χ4n) is 2.80. The predicted octanol–water partition coefficient (Wildman–Crippen LogP) is 3.71. The number of rotatable bonds is 1. The van der Waals surface area contributed by atoms with Crippen LogP contribution in [0.5, 0.6) is 0 Å². The second-order valence-corrected chi connectivity index (χ2v) is 4.76. The molecule has 0 aromatic rings. The highest BCUT2D eigenvalue weighted by molar-refractivity contribution is 4.93. The SMILES string of the molecule is CCC1(C)C(C)CC(C)C1C. The third-order valence-corrected chi connectivity index (χ3v) is 4.51. The molecule has 1 aliphatic carbocycles. The topological polar surface area (TPSA) is 0 Å². The first-order chi connectivity index (χ1) is 5.02. The lowest BCUT2D eigenvalue weighted by molar-refractivity contribution is 0.162. The van der Waals surface area contributed by atoms with Gasteiger partial charge in [0.2, 0.25) is 0 Å². The molecule has 1 fully saturated rings. The highest BCUT2D eigenvalue weighted by Crippen LogP contribution is 2.52. The first-order valence-electron chi connectivity index (χ1n) is 5.02. The molecule has 1 saturated carbocycles. The van der Waals surface area contributed by atoms with Crippen LogP contribution in [0.4, 0.5) is 0 Å². The van der Waals surface area contributed by atoms with E-state index in [1.54, 1.807) is 0 Å². The van der Waals surface area contributed by atoms with Crippen LogP contribution in [0.2, 0.25) is 0 Å². The van der Waals surface area contributed by atoms with Crippen LogP contribution in [0, 0.1) is 23.2 Å². The molecule has 0 radical (unpaired) electrons. The summed E-state index contributed by atoms with van der Waals surface area (Å²) in [7, 11) is 0. The molecule has 0 saturated heterocycles. The molecule has 4 atom stereocenters. The maximum absolute atomic E-state index is 2.46. The summed E-state index contributed by atoms with van der Waals surface area (Å²) in [5, 5.41) is 0. The lowest BCUT2D eigenvalue weighted by atomic mass is 9.72. The number of hydrogen-bond donors (Lipinski definition) is 0. The molecule has 0 heterocycles. The van der Waals surface area contributed by atoms with Crippen LogP contribution < -0.4 is 0 Å². The van der Waals surface area contributed by atoms with Crippen molar-refractivity contribution in [3.8, 4) is 0 Å². The van der Waals surface area contributed by atoms with Gasteiger partial charge >= 0.3 is 0 Å². The lowest BCUT2D eigenvalue weighted by Gasteiger charge is -2.33. The summed E-state index contributed by atoms with van der Waals surface area (Å²) in [5.41, 5.74) is 0.624. The summed E-state index contributed by atoms with van der Waals surface area (Å²) in [4.78, 5) is 0. The van der Waals surface area contributed by atoms with Crippen LogP contribution in [-0.4, -0.2) is 0 Å². The Kier molecular flexibility index (Phi) is 2.32. The molecule has 11 heavy (non-hydrogen) atoms. The minimum atomic E-state index is 0.624. The van der Waals surface area contributed by atoms with E-state index in [2.05, 4.69) is 34.6 Å². The fourth-order valence-corrected chi connectivity index (χ4v) is 2.80. The van der Waals surface area contributed by atoms with Gasteiger partial charge < -0.3 is 0 Å². The van der Waals surface area contributed by atoms with Crippen molar-refractivity contribution in [2.75, 3.05) is 0 Å². The smallest absolute Gasteiger partial charge is 0.0274 e. The van der Waals surface area contributed by atoms with Crippen molar-refractivity contribution in [1.82, 2.24) is 0 Å². The first-order valence-corrected chi connectivity index (χ1v) is 5.02. The van der Waals surface area contributed by atoms with Crippen molar-refractivity contribution >= 4 is 0 Å². The molecule has 0 N–H and O–H groups in total. The van der Waals surface area contributed by atoms with Gasteiger partial charge in [-0.15, -0.1) is 0 Å². The van der Waals surface area contributed by atoms with Crippen molar-refractivity contribution in [3.63, 3.8) is 0 Å². The van der Waals surface area contributed by atoms with Crippen LogP contribution >= 0.6 is 0 Å². The van der Waals surface area contributed by atoms with Crippen molar-refractivity contribution in [1.29, 1.82) is 0 Å². The van der Waals surface area contributed by atoms with E-state index in [9.17, 15) is 0 Å². The van der Waals surface area contributed by atoms with E-state index >= 15 is 0 Å². The van der Waals surface area contributed by atoms with E-state index in [1.165, 1.54) is 12.8 Å². The molecule has 0 aromatic carbocycles. The van der Waals surface area contributed by atoms with Crippen LogP contribution in [0.25, 0.3) is 0 Å². The Morgan fingerprint density at radius 1 is 1.27 bits per heavy atom. The first kappa shape index (κ1) is 9.09. The molecular formula is C11H22. The summed E-state index contributed by atoms with van der Waals surface area (Å²) in [6.07, 6.45) is 2.78. The predicted molar refractivity (Wildman–Crippen MR) is 50.5 cm³/mol. The molecular weight excluding hydrogens is 132 g/mol. The van der Waals surface area contributed by atoms with Gasteiger partial charge in [-0.25, -0.2) is 0 Å². The van der Waals surface area contributed by atoms with Gasteiger partial charge in [0.1, 0.15) is 0 Å². The summed E-state index contributed by atoms with van der Waals surface area (Å²) in [6.45, 7) is 12.1. The van der Waals surface area contributed by atoms with Crippen molar-refractivity contribution < 1.29 is 0 Å². The van der Waals surface area contributed by atoms with Gasteiger partial charge in [-0.05, 0) is 29.6 Å². The minimum Gasteiger partial charge on any atom is -0.0648 e. The Labute approximate surface area is 71.4 Å². The highest BCUT2D eigenvalue weighted by atomic mass is 14.5. The maximum atomic E-state index is 2.46. The third-order valence-electron chi connectivity index (χ3n) is 4.51. The molecule has 0 heteroatoms. The fraction of sp³-hybridized carbons (Fsp3) is 1.00. The quantitative estimate of drug-likeness (QED) is 0.540. The molecule has 0 aliphatic heterocycles. The molecule has 4 unspecified atom stereocenters. The van der Waals surface area contributed by atoms with Crippen molar-refractivity contribution in [3.05, 3.63) is 0 Å². The maximum Gasteiger partial charge on any atom is -0.0274 e. The molecule has 1 aliphatic rings. The minimum absolute atomic E-state index is 0.624. The monoisotopic (exact) mass is 154 g/mol. The van der Waals surface area contributed by atoms with Gasteiger partial charge in [0.25, 0.3) is 0 Å². The van der Waals surface area contributed by atoms with Crippen molar-refractivity contribution in [2.24, 2.45) is 23.2 Å². The summed E-state index contributed by atoms with van der Waals surface area (Å²) < 4.78 is 0. The normalized spacial score (nSPS) is 51.5. The Balaban J connectivity index is 2.78. The average molecular weight is 154 g/mol. The largest absolute Gasteiger partial charge is 0.0648 e. The van der Waals surface area contributed by atoms with Crippen LogP contribution in [0.15, 0.2) is 0 Å². The Morgan fingerprint density at radius 2 is 1.82 bits per heavy atom. The van der Waals surface area contributed by atoms with E-state index in [0.29, 0.717) is 5.41 Å². The standard InChI is InChI=1S/C11H22/c1-6-11(5)9(3)7-8(2)10(11)4/h8-10H,6-7H2,1-5H3. The van der Waals surface area contributed by atoms with E-state index in [0.717, 1.165) is 17.8 Å². The molecule has 1 rings (SSSR count). The second-order valence-electron chi connectivity index (χ2n) is 4.76. The van der Waals surface area contributed by atoms with E-state index in [1.807, 2.05) is 0 Å². The summed E-state index contributed by atoms with van der Waals surface area (Å²) in [5.74, 6) is 2.79. The van der Waals surface area contributed by atoms with Gasteiger partial charge in [0, 0.05) is 0 Å². The van der Waals surface area contributed by atoms with Gasteiger partial charge in [0.15, 0.2) is 0 Å². The van der Waals surface area contributed by atoms with E-state index in [4.69, 9.17) is 0 Å². The summed E-state index contributed by atoms with van der Waals surface area (Å²) >= 11 is 0. The molecule has 0 aromatic heterocycles. The molecule has 0 amide bonds. The van der Waals surface area contributed by atoms with Crippen molar-refractivity contribution in [2.45, 2.75) is 47.5 Å². The van der Waals surface area contributed by atoms with Gasteiger partial charge in [-0.1, -0.05) is 41.0 Å². The van der Waals surface area contributed by atoms with E-state index in [-0.39, 0.29) is 0 Å². The van der Waals surface area contributed by atoms with Crippen LogP contribution in [-0.2, 0) is 0 Å².